The lowest BCUT2D eigenvalue weighted by Gasteiger charge is -2.06. The molecule has 0 bridgehead atoms. The number of aromatic nitrogens is 1. The smallest absolute Gasteiger partial charge is 0.226 e. The van der Waals surface area contributed by atoms with Crippen LogP contribution >= 0.6 is 11.3 Å². The number of nitrogens with one attached hydrogen (secondary N) is 1. The molecule has 0 unspecified atom stereocenters. The molecule has 0 fully saturated rings. The average molecular weight is 222 g/mol. The third-order valence-corrected chi connectivity index (χ3v) is 3.30. The van der Waals surface area contributed by atoms with E-state index in [1.807, 2.05) is 12.3 Å². The molecule has 0 spiro atoms. The molecule has 0 aliphatic heterocycles. The Bertz CT molecular complexity index is 384. The molecule has 80 valence electrons. The lowest BCUT2D eigenvalue weighted by Crippen LogP contribution is -2.14. The van der Waals surface area contributed by atoms with Crippen molar-refractivity contribution in [2.24, 2.45) is 5.92 Å². The molecule has 0 saturated heterocycles. The number of nitrogens with zero attached hydrogens (tertiary/aromatic N) is 1. The van der Waals surface area contributed by atoms with Crippen molar-refractivity contribution in [1.82, 2.24) is 4.98 Å². The monoisotopic (exact) mass is 222 g/mol. The van der Waals surface area contributed by atoms with Gasteiger partial charge in [0, 0.05) is 11.8 Å². The van der Waals surface area contributed by atoms with E-state index in [1.54, 1.807) is 0 Å². The number of carbonyl (C=O) groups excluding carboxylic acids is 1. The Labute approximate surface area is 93.2 Å². The molecule has 1 aromatic rings. The first-order chi connectivity index (χ1) is 7.24. The summed E-state index contributed by atoms with van der Waals surface area (Å²) in [4.78, 5) is 15.8. The van der Waals surface area contributed by atoms with Crippen LogP contribution in [0, 0.1) is 12.8 Å². The van der Waals surface area contributed by atoms with Gasteiger partial charge in [-0.25, -0.2) is 4.98 Å². The van der Waals surface area contributed by atoms with Gasteiger partial charge in [-0.05, 0) is 25.7 Å². The maximum absolute atomic E-state index is 11.6. The number of thiazole rings is 1. The number of allylic oxidation sites excluding steroid dienone is 2. The number of aryl methyl sites for hydroxylation is 1. The zero-order valence-electron chi connectivity index (χ0n) is 8.69. The number of hydrogen-bond donors (Lipinski definition) is 1. The van der Waals surface area contributed by atoms with Gasteiger partial charge in [-0.3, -0.25) is 4.79 Å². The van der Waals surface area contributed by atoms with E-state index in [2.05, 4.69) is 22.5 Å². The fraction of sp³-hybridized carbons (Fsp3) is 0.455. The van der Waals surface area contributed by atoms with E-state index >= 15 is 0 Å². The number of rotatable bonds is 3. The summed E-state index contributed by atoms with van der Waals surface area (Å²) in [6, 6.07) is 0. The van der Waals surface area contributed by atoms with Crippen molar-refractivity contribution in [2.45, 2.75) is 26.2 Å². The molecule has 1 atom stereocenters. The first-order valence-corrected chi connectivity index (χ1v) is 6.00. The molecule has 0 radical (unpaired) electrons. The molecule has 1 aromatic heterocycles. The standard InChI is InChI=1S/C11H14N2OS/c1-8-7-15-11(12-8)13-10(14)6-9-4-2-3-5-9/h2,4,7,9H,3,5-6H2,1H3,(H,12,13,14)/t9-/m0/s1. The Morgan fingerprint density at radius 3 is 3.20 bits per heavy atom. The van der Waals surface area contributed by atoms with Crippen molar-refractivity contribution in [1.29, 1.82) is 0 Å². The summed E-state index contributed by atoms with van der Waals surface area (Å²) in [6.07, 6.45) is 7.06. The molecule has 1 heterocycles. The summed E-state index contributed by atoms with van der Waals surface area (Å²) < 4.78 is 0. The summed E-state index contributed by atoms with van der Waals surface area (Å²) >= 11 is 1.47. The summed E-state index contributed by atoms with van der Waals surface area (Å²) in [7, 11) is 0. The van der Waals surface area contributed by atoms with Crippen LogP contribution in [-0.4, -0.2) is 10.9 Å². The van der Waals surface area contributed by atoms with Crippen molar-refractivity contribution in [3.05, 3.63) is 23.2 Å². The van der Waals surface area contributed by atoms with E-state index in [0.29, 0.717) is 17.5 Å². The lowest BCUT2D eigenvalue weighted by atomic mass is 10.1. The van der Waals surface area contributed by atoms with Crippen molar-refractivity contribution in [3.8, 4) is 0 Å². The largest absolute Gasteiger partial charge is 0.302 e. The van der Waals surface area contributed by atoms with Crippen molar-refractivity contribution in [2.75, 3.05) is 5.32 Å². The summed E-state index contributed by atoms with van der Waals surface area (Å²) in [6.45, 7) is 1.92. The third kappa shape index (κ3) is 2.89. The molecule has 1 amide bonds. The minimum absolute atomic E-state index is 0.0703. The Kier molecular flexibility index (Phi) is 3.16. The predicted molar refractivity (Wildman–Crippen MR) is 62.0 cm³/mol. The number of carbonyl (C=O) groups is 1. The van der Waals surface area contributed by atoms with Crippen LogP contribution < -0.4 is 5.32 Å². The number of amides is 1. The molecular formula is C11H14N2OS. The normalized spacial score (nSPS) is 19.4. The first kappa shape index (κ1) is 10.4. The van der Waals surface area contributed by atoms with E-state index in [0.717, 1.165) is 18.5 Å². The number of anilines is 1. The van der Waals surface area contributed by atoms with Crippen LogP contribution in [0.25, 0.3) is 0 Å². The highest BCUT2D eigenvalue weighted by atomic mass is 32.1. The van der Waals surface area contributed by atoms with Gasteiger partial charge in [-0.1, -0.05) is 12.2 Å². The minimum Gasteiger partial charge on any atom is -0.302 e. The Morgan fingerprint density at radius 2 is 2.60 bits per heavy atom. The van der Waals surface area contributed by atoms with Gasteiger partial charge in [-0.15, -0.1) is 11.3 Å². The fourth-order valence-electron chi connectivity index (χ4n) is 1.69. The summed E-state index contributed by atoms with van der Waals surface area (Å²) in [5.41, 5.74) is 0.955. The van der Waals surface area contributed by atoms with Gasteiger partial charge >= 0.3 is 0 Å². The molecule has 2 rings (SSSR count). The van der Waals surface area contributed by atoms with Gasteiger partial charge in [0.15, 0.2) is 5.13 Å². The second-order valence-corrected chi connectivity index (χ2v) is 4.67. The third-order valence-electron chi connectivity index (χ3n) is 2.43. The zero-order chi connectivity index (χ0) is 10.7. The second kappa shape index (κ2) is 4.57. The lowest BCUT2D eigenvalue weighted by molar-refractivity contribution is -0.116. The molecule has 1 aliphatic rings. The van der Waals surface area contributed by atoms with E-state index < -0.39 is 0 Å². The van der Waals surface area contributed by atoms with Crippen LogP contribution in [0.4, 0.5) is 5.13 Å². The molecule has 1 N–H and O–H groups in total. The van der Waals surface area contributed by atoms with Crippen molar-refractivity contribution >= 4 is 22.4 Å². The highest BCUT2D eigenvalue weighted by molar-refractivity contribution is 7.13. The van der Waals surface area contributed by atoms with Crippen LogP contribution in [0.15, 0.2) is 17.5 Å². The van der Waals surface area contributed by atoms with Crippen molar-refractivity contribution in [3.63, 3.8) is 0 Å². The molecule has 0 saturated carbocycles. The molecule has 1 aliphatic carbocycles. The van der Waals surface area contributed by atoms with Gasteiger partial charge in [0.1, 0.15) is 0 Å². The molecule has 0 aromatic carbocycles. The fourth-order valence-corrected chi connectivity index (χ4v) is 2.39. The Morgan fingerprint density at radius 1 is 1.73 bits per heavy atom. The van der Waals surface area contributed by atoms with Gasteiger partial charge < -0.3 is 5.32 Å². The van der Waals surface area contributed by atoms with Crippen LogP contribution in [0.2, 0.25) is 0 Å². The summed E-state index contributed by atoms with van der Waals surface area (Å²) in [5, 5.41) is 5.47. The molecule has 3 nitrogen and oxygen atoms in total. The quantitative estimate of drug-likeness (QED) is 0.799. The summed E-state index contributed by atoms with van der Waals surface area (Å²) in [5.74, 6) is 0.493. The van der Waals surface area contributed by atoms with Gasteiger partial charge in [0.25, 0.3) is 0 Å². The van der Waals surface area contributed by atoms with Crippen LogP contribution in [0.1, 0.15) is 25.0 Å². The highest BCUT2D eigenvalue weighted by Crippen LogP contribution is 2.21. The minimum atomic E-state index is 0.0703. The van der Waals surface area contributed by atoms with Gasteiger partial charge in [0.2, 0.25) is 5.91 Å². The highest BCUT2D eigenvalue weighted by Gasteiger charge is 2.14. The van der Waals surface area contributed by atoms with E-state index in [9.17, 15) is 4.79 Å². The van der Waals surface area contributed by atoms with Crippen LogP contribution in [0.5, 0.6) is 0 Å². The van der Waals surface area contributed by atoms with Crippen LogP contribution in [0.3, 0.4) is 0 Å². The van der Waals surface area contributed by atoms with E-state index in [1.165, 1.54) is 11.3 Å². The Hall–Kier alpha value is -1.16. The van der Waals surface area contributed by atoms with E-state index in [4.69, 9.17) is 0 Å². The molecule has 4 heteroatoms. The topological polar surface area (TPSA) is 42.0 Å². The SMILES string of the molecule is Cc1csc(NC(=O)C[C@H]2C=CCC2)n1. The second-order valence-electron chi connectivity index (χ2n) is 3.81. The van der Waals surface area contributed by atoms with Gasteiger partial charge in [-0.2, -0.15) is 0 Å². The molecule has 15 heavy (non-hydrogen) atoms. The van der Waals surface area contributed by atoms with Crippen LogP contribution in [-0.2, 0) is 4.79 Å². The van der Waals surface area contributed by atoms with Crippen molar-refractivity contribution < 1.29 is 4.79 Å². The maximum atomic E-state index is 11.6. The Balaban J connectivity index is 1.84. The first-order valence-electron chi connectivity index (χ1n) is 5.12. The predicted octanol–water partition coefficient (Wildman–Crippen LogP) is 2.75. The average Bonchev–Trinajstić information content (AvgIpc) is 2.77. The zero-order valence-corrected chi connectivity index (χ0v) is 9.51. The number of hydrogen-bond acceptors (Lipinski definition) is 3. The molecular weight excluding hydrogens is 208 g/mol. The van der Waals surface area contributed by atoms with E-state index in [-0.39, 0.29) is 5.91 Å². The maximum Gasteiger partial charge on any atom is 0.226 e. The van der Waals surface area contributed by atoms with Gasteiger partial charge in [0.05, 0.1) is 5.69 Å².